The quantitative estimate of drug-likeness (QED) is 0.265. The van der Waals surface area contributed by atoms with Crippen LogP contribution < -0.4 is 4.90 Å². The van der Waals surface area contributed by atoms with Crippen LogP contribution in [0.1, 0.15) is 53.0 Å². The van der Waals surface area contributed by atoms with Gasteiger partial charge in [0.05, 0.1) is 17.6 Å². The smallest absolute Gasteiger partial charge is 0.306 e. The number of fused-ring (bicyclic) bond motifs is 2. The van der Waals surface area contributed by atoms with Crippen LogP contribution in [-0.4, -0.2) is 85.0 Å². The molecule has 0 amide bonds. The van der Waals surface area contributed by atoms with Crippen LogP contribution in [0.2, 0.25) is 0 Å². The van der Waals surface area contributed by atoms with E-state index in [9.17, 15) is 13.2 Å². The fraction of sp³-hybridized carbons (Fsp3) is 0.441. The molecule has 3 aromatic carbocycles. The molecule has 10 nitrogen and oxygen atoms in total. The molecule has 0 saturated carbocycles. The monoisotopic (exact) mass is 630 g/mol. The number of hydrogen-bond donors (Lipinski definition) is 0. The van der Waals surface area contributed by atoms with Crippen molar-refractivity contribution in [2.75, 3.05) is 45.2 Å². The van der Waals surface area contributed by atoms with Crippen molar-refractivity contribution in [1.29, 1.82) is 0 Å². The highest BCUT2D eigenvalue weighted by Gasteiger charge is 2.32. The molecule has 2 aliphatic heterocycles. The van der Waals surface area contributed by atoms with Crippen LogP contribution in [-0.2, 0) is 33.1 Å². The summed E-state index contributed by atoms with van der Waals surface area (Å²) in [5.74, 6) is -0.562. The molecule has 0 N–H and O–H groups in total. The molecule has 1 aromatic heterocycles. The van der Waals surface area contributed by atoms with Crippen molar-refractivity contribution in [3.8, 4) is 0 Å². The van der Waals surface area contributed by atoms with E-state index in [1.165, 1.54) is 0 Å². The number of likely N-dealkylation sites (N-methyl/N-ethyl adjacent to an activating group) is 2. The van der Waals surface area contributed by atoms with Crippen LogP contribution in [0.5, 0.6) is 0 Å². The number of sulfonamides is 1. The first-order valence-corrected chi connectivity index (χ1v) is 17.0. The zero-order valence-corrected chi connectivity index (χ0v) is 27.5. The highest BCUT2D eigenvalue weighted by Crippen LogP contribution is 2.36. The number of esters is 1. The third kappa shape index (κ3) is 6.08. The number of para-hydroxylation sites is 1. The number of anilines is 1. The van der Waals surface area contributed by atoms with Crippen LogP contribution in [0, 0.1) is 13.8 Å². The van der Waals surface area contributed by atoms with Crippen LogP contribution in [0.25, 0.3) is 11.0 Å². The predicted molar refractivity (Wildman–Crippen MR) is 175 cm³/mol. The molecule has 1 saturated heterocycles. The average molecular weight is 631 g/mol. The maximum atomic E-state index is 13.9. The summed E-state index contributed by atoms with van der Waals surface area (Å²) in [7, 11) is 2.14. The Hall–Kier alpha value is -3.80. The van der Waals surface area contributed by atoms with E-state index in [1.807, 2.05) is 63.2 Å². The minimum absolute atomic E-state index is 0.158. The topological polar surface area (TPSA) is 101 Å². The molecular formula is C34H42N6O4S. The number of carbonyl (C=O) groups excluding carboxylic acids is 1. The van der Waals surface area contributed by atoms with E-state index in [4.69, 9.17) is 4.74 Å². The lowest BCUT2D eigenvalue weighted by atomic mass is 9.84. The van der Waals surface area contributed by atoms with E-state index < -0.39 is 10.0 Å². The SMILES string of the molecule is Cc1ccc(C(CC(=O)OCC2CCCN2C)c2ccc3c(nnn3C)c2C)cc1CN1CCN(C)c2ccccc2S1(=O)=O. The van der Waals surface area contributed by atoms with Crippen molar-refractivity contribution >= 4 is 32.7 Å². The van der Waals surface area contributed by atoms with Crippen molar-refractivity contribution in [1.82, 2.24) is 24.2 Å². The molecular weight excluding hydrogens is 588 g/mol. The summed E-state index contributed by atoms with van der Waals surface area (Å²) < 4.78 is 36.9. The number of carbonyl (C=O) groups is 1. The van der Waals surface area contributed by atoms with E-state index in [0.717, 1.165) is 58.2 Å². The van der Waals surface area contributed by atoms with E-state index >= 15 is 0 Å². The normalized spacial score (nSPS) is 19.4. The second-order valence-electron chi connectivity index (χ2n) is 12.5. The number of nitrogens with zero attached hydrogens (tertiary/aromatic N) is 6. The summed E-state index contributed by atoms with van der Waals surface area (Å²) in [6.07, 6.45) is 2.29. The highest BCUT2D eigenvalue weighted by atomic mass is 32.2. The van der Waals surface area contributed by atoms with Crippen molar-refractivity contribution in [3.05, 3.63) is 82.4 Å². The Morgan fingerprint density at radius 2 is 1.82 bits per heavy atom. The van der Waals surface area contributed by atoms with Gasteiger partial charge in [0, 0.05) is 45.7 Å². The van der Waals surface area contributed by atoms with E-state index in [2.05, 4.69) is 34.4 Å². The number of aryl methyl sites for hydroxylation is 3. The number of ether oxygens (including phenoxy) is 1. The Morgan fingerprint density at radius 3 is 2.60 bits per heavy atom. The molecule has 2 unspecified atom stereocenters. The number of benzene rings is 3. The van der Waals surface area contributed by atoms with Gasteiger partial charge in [0.1, 0.15) is 17.0 Å². The Balaban J connectivity index is 1.34. The largest absolute Gasteiger partial charge is 0.464 e. The molecule has 2 atom stereocenters. The molecule has 0 spiro atoms. The van der Waals surface area contributed by atoms with Gasteiger partial charge in [-0.15, -0.1) is 5.10 Å². The summed E-state index contributed by atoms with van der Waals surface area (Å²) in [4.78, 5) is 18.0. The third-order valence-corrected chi connectivity index (χ3v) is 11.5. The number of rotatable bonds is 8. The Labute approximate surface area is 265 Å². The number of hydrogen-bond acceptors (Lipinski definition) is 8. The Kier molecular flexibility index (Phi) is 8.69. The van der Waals surface area contributed by atoms with Gasteiger partial charge in [-0.05, 0) is 86.3 Å². The average Bonchev–Trinajstić information content (AvgIpc) is 3.60. The number of aromatic nitrogens is 3. The summed E-state index contributed by atoms with van der Waals surface area (Å²) in [6.45, 7) is 6.60. The molecule has 3 heterocycles. The van der Waals surface area contributed by atoms with Crippen molar-refractivity contribution in [3.63, 3.8) is 0 Å². The van der Waals surface area contributed by atoms with Gasteiger partial charge >= 0.3 is 5.97 Å². The maximum absolute atomic E-state index is 13.9. The molecule has 0 aliphatic carbocycles. The zero-order valence-electron chi connectivity index (χ0n) is 26.7. The summed E-state index contributed by atoms with van der Waals surface area (Å²) in [5.41, 5.74) is 7.20. The first-order chi connectivity index (χ1) is 21.5. The van der Waals surface area contributed by atoms with Crippen molar-refractivity contribution < 1.29 is 17.9 Å². The fourth-order valence-electron chi connectivity index (χ4n) is 6.70. The molecule has 2 aliphatic rings. The minimum atomic E-state index is -3.72. The van der Waals surface area contributed by atoms with Gasteiger partial charge in [-0.2, -0.15) is 4.31 Å². The lowest BCUT2D eigenvalue weighted by molar-refractivity contribution is -0.145. The Morgan fingerprint density at radius 1 is 1.02 bits per heavy atom. The molecule has 4 aromatic rings. The van der Waals surface area contributed by atoms with Gasteiger partial charge in [0.25, 0.3) is 0 Å². The summed E-state index contributed by atoms with van der Waals surface area (Å²) >= 11 is 0. The first kappa shape index (κ1) is 31.2. The summed E-state index contributed by atoms with van der Waals surface area (Å²) in [5, 5.41) is 8.61. The van der Waals surface area contributed by atoms with E-state index in [0.29, 0.717) is 30.3 Å². The van der Waals surface area contributed by atoms with Gasteiger partial charge in [-0.3, -0.25) is 4.79 Å². The van der Waals surface area contributed by atoms with Gasteiger partial charge in [0.15, 0.2) is 0 Å². The minimum Gasteiger partial charge on any atom is -0.464 e. The van der Waals surface area contributed by atoms with Gasteiger partial charge < -0.3 is 14.5 Å². The maximum Gasteiger partial charge on any atom is 0.306 e. The van der Waals surface area contributed by atoms with Gasteiger partial charge in [-0.1, -0.05) is 41.6 Å². The molecule has 45 heavy (non-hydrogen) atoms. The van der Waals surface area contributed by atoms with E-state index in [1.54, 1.807) is 21.1 Å². The second-order valence-corrected chi connectivity index (χ2v) is 14.4. The molecule has 0 radical (unpaired) electrons. The lowest BCUT2D eigenvalue weighted by Gasteiger charge is -2.24. The standard InChI is InChI=1S/C34H42N6O4S/c1-23-12-13-25(19-26(23)21-40-18-17-38(4)30-10-6-7-11-32(30)45(40,42)43)29(20-33(41)44-22-27-9-8-16-37(27)3)28-14-15-31-34(24(28)2)35-36-39(31)5/h6-7,10-15,19,27,29H,8-9,16-18,20-22H2,1-5H3. The first-order valence-electron chi connectivity index (χ1n) is 15.6. The zero-order chi connectivity index (χ0) is 31.9. The lowest BCUT2D eigenvalue weighted by Crippen LogP contribution is -2.33. The molecule has 0 bridgehead atoms. The van der Waals surface area contributed by atoms with Crippen LogP contribution in [0.3, 0.4) is 0 Å². The molecule has 1 fully saturated rings. The van der Waals surface area contributed by atoms with Crippen molar-refractivity contribution in [2.45, 2.75) is 56.5 Å². The van der Waals surface area contributed by atoms with Crippen LogP contribution in [0.4, 0.5) is 5.69 Å². The van der Waals surface area contributed by atoms with Gasteiger partial charge in [0.2, 0.25) is 10.0 Å². The molecule has 238 valence electrons. The van der Waals surface area contributed by atoms with Gasteiger partial charge in [-0.25, -0.2) is 13.1 Å². The predicted octanol–water partition coefficient (Wildman–Crippen LogP) is 4.39. The summed E-state index contributed by atoms with van der Waals surface area (Å²) in [6, 6.07) is 17.6. The highest BCUT2D eigenvalue weighted by molar-refractivity contribution is 7.89. The molecule has 11 heteroatoms. The van der Waals surface area contributed by atoms with Crippen molar-refractivity contribution in [2.24, 2.45) is 7.05 Å². The fourth-order valence-corrected chi connectivity index (χ4v) is 8.35. The van der Waals surface area contributed by atoms with Crippen LogP contribution in [0.15, 0.2) is 59.5 Å². The second kappa shape index (κ2) is 12.5. The third-order valence-electron chi connectivity index (χ3n) is 9.63. The number of likely N-dealkylation sites (tertiary alicyclic amines) is 1. The van der Waals surface area contributed by atoms with Crippen LogP contribution >= 0.6 is 0 Å². The van der Waals surface area contributed by atoms with E-state index in [-0.39, 0.29) is 30.9 Å². The molecule has 6 rings (SSSR count). The Bertz CT molecular complexity index is 1840.